The van der Waals surface area contributed by atoms with E-state index in [0.717, 1.165) is 48.1 Å². The number of fused-ring (bicyclic) bond motifs is 1. The van der Waals surface area contributed by atoms with Gasteiger partial charge in [0.15, 0.2) is 0 Å². The maximum absolute atomic E-state index is 10.8. The van der Waals surface area contributed by atoms with Crippen LogP contribution in [-0.2, 0) is 12.8 Å². The van der Waals surface area contributed by atoms with Crippen LogP contribution < -0.4 is 5.73 Å². The Morgan fingerprint density at radius 2 is 1.91 bits per heavy atom. The van der Waals surface area contributed by atoms with Gasteiger partial charge in [0.05, 0.1) is 4.92 Å². The molecule has 0 unspecified atom stereocenters. The number of nitrogens with two attached hydrogens (primary N) is 1. The highest BCUT2D eigenvalue weighted by atomic mass is 16.6. The van der Waals surface area contributed by atoms with Crippen LogP contribution in [0.1, 0.15) is 29.7 Å². The van der Waals surface area contributed by atoms with Crippen molar-refractivity contribution < 1.29 is 4.92 Å². The molecule has 0 atom stereocenters. The molecule has 0 bridgehead atoms. The molecule has 0 radical (unpaired) electrons. The smallest absolute Gasteiger partial charge is 0.269 e. The summed E-state index contributed by atoms with van der Waals surface area (Å²) < 4.78 is 0. The molecular formula is C16H14N4O2. The first-order valence-electron chi connectivity index (χ1n) is 7.08. The highest BCUT2D eigenvalue weighted by Gasteiger charge is 2.22. The molecule has 6 nitrogen and oxygen atoms in total. The van der Waals surface area contributed by atoms with Crippen LogP contribution in [0.25, 0.3) is 11.1 Å². The summed E-state index contributed by atoms with van der Waals surface area (Å²) in [6, 6.07) is 8.36. The van der Waals surface area contributed by atoms with E-state index in [1.807, 2.05) is 0 Å². The number of benzene rings is 1. The van der Waals surface area contributed by atoms with Crippen molar-refractivity contribution in [1.29, 1.82) is 5.26 Å². The molecule has 2 N–H and O–H groups in total. The molecule has 1 aromatic heterocycles. The maximum Gasteiger partial charge on any atom is 0.269 e. The molecule has 0 amide bonds. The van der Waals surface area contributed by atoms with Gasteiger partial charge in [0, 0.05) is 23.4 Å². The van der Waals surface area contributed by atoms with Gasteiger partial charge in [-0.25, -0.2) is 4.98 Å². The van der Waals surface area contributed by atoms with Crippen molar-refractivity contribution in [3.05, 3.63) is 51.2 Å². The van der Waals surface area contributed by atoms with Crippen LogP contribution in [0.3, 0.4) is 0 Å². The minimum atomic E-state index is -0.439. The monoisotopic (exact) mass is 294 g/mol. The van der Waals surface area contributed by atoms with Gasteiger partial charge >= 0.3 is 0 Å². The van der Waals surface area contributed by atoms with E-state index in [9.17, 15) is 15.4 Å². The van der Waals surface area contributed by atoms with Crippen LogP contribution in [-0.4, -0.2) is 9.91 Å². The van der Waals surface area contributed by atoms with Crippen LogP contribution in [0, 0.1) is 21.4 Å². The van der Waals surface area contributed by atoms with Gasteiger partial charge in [-0.3, -0.25) is 10.1 Å². The Kier molecular flexibility index (Phi) is 3.47. The predicted octanol–water partition coefficient (Wildman–Crippen LogP) is 2.99. The van der Waals surface area contributed by atoms with Crippen LogP contribution in [0.15, 0.2) is 24.3 Å². The number of aryl methyl sites for hydroxylation is 1. The summed E-state index contributed by atoms with van der Waals surface area (Å²) in [5.74, 6) is 0.233. The largest absolute Gasteiger partial charge is 0.383 e. The second-order valence-corrected chi connectivity index (χ2v) is 5.30. The molecule has 6 heteroatoms. The summed E-state index contributed by atoms with van der Waals surface area (Å²) in [5, 5.41) is 20.2. The number of aromatic nitrogens is 1. The summed E-state index contributed by atoms with van der Waals surface area (Å²) in [7, 11) is 0. The molecule has 1 aromatic carbocycles. The standard InChI is InChI=1S/C16H14N4O2/c17-9-13-15(10-5-7-11(8-6-10)20(21)22)12-3-1-2-4-14(12)19-16(13)18/h5-8H,1-4H2,(H2,18,19). The number of nitro groups is 1. The third-order valence-corrected chi connectivity index (χ3v) is 3.98. The molecule has 1 aliphatic carbocycles. The highest BCUT2D eigenvalue weighted by Crippen LogP contribution is 2.36. The first kappa shape index (κ1) is 14.0. The summed E-state index contributed by atoms with van der Waals surface area (Å²) in [4.78, 5) is 14.7. The zero-order valence-corrected chi connectivity index (χ0v) is 11.9. The van der Waals surface area contributed by atoms with E-state index < -0.39 is 4.92 Å². The van der Waals surface area contributed by atoms with Crippen molar-refractivity contribution in [2.75, 3.05) is 5.73 Å². The van der Waals surface area contributed by atoms with Crippen molar-refractivity contribution in [3.63, 3.8) is 0 Å². The maximum atomic E-state index is 10.8. The summed E-state index contributed by atoms with van der Waals surface area (Å²) in [5.41, 5.74) is 9.85. The van der Waals surface area contributed by atoms with Gasteiger partial charge < -0.3 is 5.73 Å². The van der Waals surface area contributed by atoms with Crippen molar-refractivity contribution >= 4 is 11.5 Å². The number of rotatable bonds is 2. The number of anilines is 1. The lowest BCUT2D eigenvalue weighted by molar-refractivity contribution is -0.384. The molecule has 0 spiro atoms. The number of hydrogen-bond donors (Lipinski definition) is 1. The zero-order chi connectivity index (χ0) is 15.7. The molecule has 0 aliphatic heterocycles. The Balaban J connectivity index is 2.22. The molecule has 0 fully saturated rings. The van der Waals surface area contributed by atoms with Gasteiger partial charge in [0.1, 0.15) is 17.5 Å². The number of non-ortho nitro benzene ring substituents is 1. The van der Waals surface area contributed by atoms with Crippen LogP contribution in [0.2, 0.25) is 0 Å². The van der Waals surface area contributed by atoms with Crippen molar-refractivity contribution in [2.45, 2.75) is 25.7 Å². The van der Waals surface area contributed by atoms with E-state index in [0.29, 0.717) is 5.56 Å². The van der Waals surface area contributed by atoms with Crippen molar-refractivity contribution in [1.82, 2.24) is 4.98 Å². The molecule has 0 saturated carbocycles. The van der Waals surface area contributed by atoms with E-state index in [1.54, 1.807) is 12.1 Å². The quantitative estimate of drug-likeness (QED) is 0.677. The number of nitrogen functional groups attached to an aromatic ring is 1. The Labute approximate surface area is 127 Å². The molecule has 1 aliphatic rings. The van der Waals surface area contributed by atoms with E-state index in [2.05, 4.69) is 11.1 Å². The third-order valence-electron chi connectivity index (χ3n) is 3.98. The lowest BCUT2D eigenvalue weighted by atomic mass is 9.86. The minimum absolute atomic E-state index is 0.0261. The number of nitro benzene ring substituents is 1. The molecule has 3 rings (SSSR count). The fraction of sp³-hybridized carbons (Fsp3) is 0.250. The third kappa shape index (κ3) is 2.27. The molecular weight excluding hydrogens is 280 g/mol. The zero-order valence-electron chi connectivity index (χ0n) is 11.9. The van der Waals surface area contributed by atoms with E-state index in [1.165, 1.54) is 12.1 Å². The average Bonchev–Trinajstić information content (AvgIpc) is 2.53. The number of nitrogens with zero attached hydrogens (tertiary/aromatic N) is 3. The normalized spacial score (nSPS) is 13.2. The number of pyridine rings is 1. The Morgan fingerprint density at radius 1 is 1.23 bits per heavy atom. The minimum Gasteiger partial charge on any atom is -0.383 e. The topological polar surface area (TPSA) is 106 Å². The van der Waals surface area contributed by atoms with E-state index in [4.69, 9.17) is 5.73 Å². The van der Waals surface area contributed by atoms with Gasteiger partial charge in [0.2, 0.25) is 0 Å². The lowest BCUT2D eigenvalue weighted by Gasteiger charge is -2.20. The second-order valence-electron chi connectivity index (χ2n) is 5.30. The van der Waals surface area contributed by atoms with E-state index >= 15 is 0 Å². The first-order chi connectivity index (χ1) is 10.6. The van der Waals surface area contributed by atoms with Gasteiger partial charge in [-0.2, -0.15) is 5.26 Å². The Hall–Kier alpha value is -2.94. The fourth-order valence-corrected chi connectivity index (χ4v) is 2.94. The second kappa shape index (κ2) is 5.45. The summed E-state index contributed by atoms with van der Waals surface area (Å²) in [6.07, 6.45) is 3.81. The van der Waals surface area contributed by atoms with Gasteiger partial charge in [-0.15, -0.1) is 0 Å². The lowest BCUT2D eigenvalue weighted by Crippen LogP contribution is -2.11. The fourth-order valence-electron chi connectivity index (χ4n) is 2.94. The molecule has 110 valence electrons. The van der Waals surface area contributed by atoms with Crippen LogP contribution >= 0.6 is 0 Å². The number of nitriles is 1. The van der Waals surface area contributed by atoms with Crippen molar-refractivity contribution in [2.24, 2.45) is 0 Å². The number of hydrogen-bond acceptors (Lipinski definition) is 5. The van der Waals surface area contributed by atoms with Crippen LogP contribution in [0.5, 0.6) is 0 Å². The van der Waals surface area contributed by atoms with Gasteiger partial charge in [0.25, 0.3) is 5.69 Å². The molecule has 0 saturated heterocycles. The average molecular weight is 294 g/mol. The van der Waals surface area contributed by atoms with E-state index in [-0.39, 0.29) is 11.5 Å². The predicted molar refractivity (Wildman–Crippen MR) is 82.1 cm³/mol. The van der Waals surface area contributed by atoms with Gasteiger partial charge in [-0.05, 0) is 48.9 Å². The van der Waals surface area contributed by atoms with Gasteiger partial charge in [-0.1, -0.05) is 0 Å². The summed E-state index contributed by atoms with van der Waals surface area (Å²) in [6.45, 7) is 0. The summed E-state index contributed by atoms with van der Waals surface area (Å²) >= 11 is 0. The Bertz CT molecular complexity index is 791. The molecule has 22 heavy (non-hydrogen) atoms. The first-order valence-corrected chi connectivity index (χ1v) is 7.08. The van der Waals surface area contributed by atoms with Crippen LogP contribution in [0.4, 0.5) is 11.5 Å². The Morgan fingerprint density at radius 3 is 2.55 bits per heavy atom. The SMILES string of the molecule is N#Cc1c(N)nc2c(c1-c1ccc([N+](=O)[O-])cc1)CCCC2. The molecule has 2 aromatic rings. The molecule has 1 heterocycles. The highest BCUT2D eigenvalue weighted by molar-refractivity contribution is 5.79. The van der Waals surface area contributed by atoms with Crippen molar-refractivity contribution in [3.8, 4) is 17.2 Å².